The summed E-state index contributed by atoms with van der Waals surface area (Å²) in [5.41, 5.74) is -0.446. The number of carbonyl (C=O) groups is 1. The lowest BCUT2D eigenvalue weighted by molar-refractivity contribution is 0.0903. The molecule has 0 radical (unpaired) electrons. The molecule has 1 aliphatic carbocycles. The Bertz CT molecular complexity index is 552. The van der Waals surface area contributed by atoms with E-state index in [0.717, 1.165) is 38.1 Å². The lowest BCUT2D eigenvalue weighted by Gasteiger charge is -2.32. The zero-order chi connectivity index (χ0) is 15.0. The molecule has 2 fully saturated rings. The summed E-state index contributed by atoms with van der Waals surface area (Å²) in [6, 6.07) is 2.40. The molecule has 1 aromatic rings. The summed E-state index contributed by atoms with van der Waals surface area (Å²) in [5, 5.41) is 2.71. The van der Waals surface area contributed by atoms with E-state index in [1.807, 2.05) is 0 Å². The topological polar surface area (TPSA) is 32.3 Å². The number of rotatable bonds is 3. The average Bonchev–Trinajstić information content (AvgIpc) is 3.30. The lowest BCUT2D eigenvalue weighted by Crippen LogP contribution is -2.45. The minimum atomic E-state index is -1.61. The number of nitrogens with one attached hydrogen (secondary N) is 1. The van der Waals surface area contributed by atoms with Crippen LogP contribution in [0, 0.1) is 17.5 Å². The predicted molar refractivity (Wildman–Crippen MR) is 71.4 cm³/mol. The Kier molecular flexibility index (Phi) is 3.89. The van der Waals surface area contributed by atoms with Crippen LogP contribution in [0.25, 0.3) is 0 Å². The molecule has 1 heterocycles. The second kappa shape index (κ2) is 5.67. The molecule has 1 aliphatic heterocycles. The molecule has 3 nitrogen and oxygen atoms in total. The summed E-state index contributed by atoms with van der Waals surface area (Å²) in [7, 11) is 0. The van der Waals surface area contributed by atoms with Crippen LogP contribution < -0.4 is 5.32 Å². The van der Waals surface area contributed by atoms with Gasteiger partial charge >= 0.3 is 0 Å². The first kappa shape index (κ1) is 14.4. The standard InChI is InChI=1S/C15H17F3N2O/c16-12-4-3-11(13(17)14(12)18)15(21)19-9-5-7-20(8-6-9)10-1-2-10/h3-4,9-10H,1-2,5-8H2,(H,19,21). The van der Waals surface area contributed by atoms with E-state index in [9.17, 15) is 18.0 Å². The molecule has 6 heteroatoms. The van der Waals surface area contributed by atoms with Gasteiger partial charge in [-0.3, -0.25) is 4.79 Å². The van der Waals surface area contributed by atoms with Gasteiger partial charge in [0.15, 0.2) is 17.5 Å². The molecule has 1 saturated carbocycles. The van der Waals surface area contributed by atoms with Gasteiger partial charge in [0.2, 0.25) is 0 Å². The Balaban J connectivity index is 1.60. The van der Waals surface area contributed by atoms with Crippen LogP contribution in [-0.4, -0.2) is 36.0 Å². The van der Waals surface area contributed by atoms with E-state index in [1.54, 1.807) is 0 Å². The van der Waals surface area contributed by atoms with Crippen molar-refractivity contribution >= 4 is 5.91 Å². The molecule has 114 valence electrons. The quantitative estimate of drug-likeness (QED) is 0.869. The second-order valence-corrected chi connectivity index (χ2v) is 5.74. The van der Waals surface area contributed by atoms with Crippen LogP contribution in [-0.2, 0) is 0 Å². The number of hydrogen-bond acceptors (Lipinski definition) is 2. The summed E-state index contributed by atoms with van der Waals surface area (Å²) in [6.07, 6.45) is 4.09. The van der Waals surface area contributed by atoms with Crippen molar-refractivity contribution in [3.8, 4) is 0 Å². The third-order valence-corrected chi connectivity index (χ3v) is 4.21. The molecule has 2 aliphatic rings. The first-order chi connectivity index (χ1) is 10.1. The van der Waals surface area contributed by atoms with Gasteiger partial charge < -0.3 is 10.2 Å². The van der Waals surface area contributed by atoms with E-state index in [2.05, 4.69) is 10.2 Å². The summed E-state index contributed by atoms with van der Waals surface area (Å²) >= 11 is 0. The fraction of sp³-hybridized carbons (Fsp3) is 0.533. The molecular formula is C15H17F3N2O. The van der Waals surface area contributed by atoms with Crippen LogP contribution >= 0.6 is 0 Å². The fourth-order valence-corrected chi connectivity index (χ4v) is 2.81. The van der Waals surface area contributed by atoms with Crippen LogP contribution in [0.4, 0.5) is 13.2 Å². The molecule has 0 spiro atoms. The highest BCUT2D eigenvalue weighted by Gasteiger charge is 2.32. The Hall–Kier alpha value is -1.56. The second-order valence-electron chi connectivity index (χ2n) is 5.74. The fourth-order valence-electron chi connectivity index (χ4n) is 2.81. The van der Waals surface area contributed by atoms with Gasteiger partial charge in [0, 0.05) is 25.2 Å². The summed E-state index contributed by atoms with van der Waals surface area (Å²) in [4.78, 5) is 14.4. The molecular weight excluding hydrogens is 281 g/mol. The van der Waals surface area contributed by atoms with Crippen molar-refractivity contribution in [1.82, 2.24) is 10.2 Å². The van der Waals surface area contributed by atoms with E-state index in [0.29, 0.717) is 6.04 Å². The molecule has 0 unspecified atom stereocenters. The Morgan fingerprint density at radius 2 is 1.71 bits per heavy atom. The molecule has 1 saturated heterocycles. The van der Waals surface area contributed by atoms with Gasteiger partial charge in [-0.15, -0.1) is 0 Å². The minimum absolute atomic E-state index is 0.0417. The number of nitrogens with zero attached hydrogens (tertiary/aromatic N) is 1. The Morgan fingerprint density at radius 3 is 2.33 bits per heavy atom. The normalized spacial score (nSPS) is 20.5. The van der Waals surface area contributed by atoms with Crippen molar-refractivity contribution in [2.24, 2.45) is 0 Å². The minimum Gasteiger partial charge on any atom is -0.349 e. The monoisotopic (exact) mass is 298 g/mol. The SMILES string of the molecule is O=C(NC1CCN(C2CC2)CC1)c1ccc(F)c(F)c1F. The summed E-state index contributed by atoms with van der Waals surface area (Å²) < 4.78 is 39.6. The number of halogens is 3. The first-order valence-corrected chi connectivity index (χ1v) is 7.24. The van der Waals surface area contributed by atoms with Crippen molar-refractivity contribution < 1.29 is 18.0 Å². The Morgan fingerprint density at radius 1 is 1.05 bits per heavy atom. The number of piperidine rings is 1. The van der Waals surface area contributed by atoms with Crippen molar-refractivity contribution in [2.75, 3.05) is 13.1 Å². The zero-order valence-electron chi connectivity index (χ0n) is 11.5. The van der Waals surface area contributed by atoms with Crippen molar-refractivity contribution in [3.05, 3.63) is 35.1 Å². The summed E-state index contributed by atoms with van der Waals surface area (Å²) in [5.74, 6) is -5.01. The van der Waals surface area contributed by atoms with Crippen LogP contribution in [0.2, 0.25) is 0 Å². The highest BCUT2D eigenvalue weighted by Crippen LogP contribution is 2.29. The van der Waals surface area contributed by atoms with E-state index < -0.39 is 28.9 Å². The number of carbonyl (C=O) groups excluding carboxylic acids is 1. The van der Waals surface area contributed by atoms with Crippen LogP contribution in [0.1, 0.15) is 36.0 Å². The van der Waals surface area contributed by atoms with Crippen molar-refractivity contribution in [2.45, 2.75) is 37.8 Å². The van der Waals surface area contributed by atoms with Gasteiger partial charge in [0.25, 0.3) is 5.91 Å². The molecule has 1 amide bonds. The van der Waals surface area contributed by atoms with Crippen LogP contribution in [0.5, 0.6) is 0 Å². The van der Waals surface area contributed by atoms with E-state index in [4.69, 9.17) is 0 Å². The Labute approximate surface area is 121 Å². The number of hydrogen-bond donors (Lipinski definition) is 1. The molecule has 0 aromatic heterocycles. The van der Waals surface area contributed by atoms with E-state index in [-0.39, 0.29) is 6.04 Å². The maximum absolute atomic E-state index is 13.6. The van der Waals surface area contributed by atoms with Gasteiger partial charge in [0.05, 0.1) is 5.56 Å². The predicted octanol–water partition coefficient (Wildman–Crippen LogP) is 2.46. The third-order valence-electron chi connectivity index (χ3n) is 4.21. The third kappa shape index (κ3) is 3.05. The van der Waals surface area contributed by atoms with Crippen molar-refractivity contribution in [1.29, 1.82) is 0 Å². The molecule has 1 aromatic carbocycles. The molecule has 21 heavy (non-hydrogen) atoms. The molecule has 3 rings (SSSR count). The lowest BCUT2D eigenvalue weighted by atomic mass is 10.0. The smallest absolute Gasteiger partial charge is 0.254 e. The molecule has 0 atom stereocenters. The zero-order valence-corrected chi connectivity index (χ0v) is 11.5. The highest BCUT2D eigenvalue weighted by molar-refractivity contribution is 5.94. The van der Waals surface area contributed by atoms with Crippen LogP contribution in [0.3, 0.4) is 0 Å². The van der Waals surface area contributed by atoms with Crippen molar-refractivity contribution in [3.63, 3.8) is 0 Å². The van der Waals surface area contributed by atoms with Gasteiger partial charge in [-0.05, 0) is 37.8 Å². The average molecular weight is 298 g/mol. The van der Waals surface area contributed by atoms with Gasteiger partial charge in [-0.2, -0.15) is 0 Å². The maximum Gasteiger partial charge on any atom is 0.254 e. The summed E-state index contributed by atoms with van der Waals surface area (Å²) in [6.45, 7) is 1.83. The van der Waals surface area contributed by atoms with Gasteiger partial charge in [-0.25, -0.2) is 13.2 Å². The largest absolute Gasteiger partial charge is 0.349 e. The maximum atomic E-state index is 13.6. The number of benzene rings is 1. The van der Waals surface area contributed by atoms with Gasteiger partial charge in [0.1, 0.15) is 0 Å². The van der Waals surface area contributed by atoms with E-state index >= 15 is 0 Å². The van der Waals surface area contributed by atoms with Gasteiger partial charge in [-0.1, -0.05) is 0 Å². The van der Waals surface area contributed by atoms with E-state index in [1.165, 1.54) is 12.8 Å². The molecule has 1 N–H and O–H groups in total. The highest BCUT2D eigenvalue weighted by atomic mass is 19.2. The number of likely N-dealkylation sites (tertiary alicyclic amines) is 1. The molecule has 0 bridgehead atoms. The van der Waals surface area contributed by atoms with Crippen LogP contribution in [0.15, 0.2) is 12.1 Å². The first-order valence-electron chi connectivity index (χ1n) is 7.24. The number of amides is 1.